The number of fused-ring (bicyclic) bond motifs is 3. The first-order valence-corrected chi connectivity index (χ1v) is 7.34. The molecule has 112 valence electrons. The van der Waals surface area contributed by atoms with Gasteiger partial charge in [0.2, 0.25) is 5.91 Å². The monoisotopic (exact) mass is 294 g/mol. The molecule has 0 saturated heterocycles. The Morgan fingerprint density at radius 2 is 2.09 bits per heavy atom. The molecule has 0 atom stereocenters. The first-order valence-electron chi connectivity index (χ1n) is 7.34. The van der Waals surface area contributed by atoms with Crippen LogP contribution >= 0.6 is 0 Å². The Bertz CT molecular complexity index is 756. The number of nitrogens with zero attached hydrogens (tertiary/aromatic N) is 2. The van der Waals surface area contributed by atoms with Crippen molar-refractivity contribution in [2.45, 2.75) is 20.8 Å². The summed E-state index contributed by atoms with van der Waals surface area (Å²) in [4.78, 5) is 27.3. The first kappa shape index (κ1) is 14.3. The lowest BCUT2D eigenvalue weighted by Crippen LogP contribution is -2.23. The van der Waals surface area contributed by atoms with Gasteiger partial charge in [0, 0.05) is 37.0 Å². The second kappa shape index (κ2) is 5.30. The predicted octanol–water partition coefficient (Wildman–Crippen LogP) is 3.07. The Balaban J connectivity index is 2.04. The Kier molecular flexibility index (Phi) is 3.45. The van der Waals surface area contributed by atoms with Crippen molar-refractivity contribution in [1.82, 2.24) is 9.80 Å². The minimum atomic E-state index is -0.000773. The van der Waals surface area contributed by atoms with E-state index in [1.54, 1.807) is 22.9 Å². The number of carbonyl (C=O) groups is 2. The van der Waals surface area contributed by atoms with E-state index in [2.05, 4.69) is 0 Å². The maximum atomic E-state index is 12.4. The maximum Gasteiger partial charge on any atom is 0.263 e. The summed E-state index contributed by atoms with van der Waals surface area (Å²) in [5, 5.41) is 0. The number of carbonyl (C=O) groups excluding carboxylic acids is 2. The average molecular weight is 294 g/mol. The van der Waals surface area contributed by atoms with Gasteiger partial charge in [0.15, 0.2) is 0 Å². The number of rotatable bonds is 2. The van der Waals surface area contributed by atoms with Gasteiger partial charge in [0.25, 0.3) is 5.91 Å². The van der Waals surface area contributed by atoms with Gasteiger partial charge in [-0.15, -0.1) is 0 Å². The number of hydrogen-bond acceptors (Lipinski definition) is 2. The van der Waals surface area contributed by atoms with E-state index in [1.807, 2.05) is 50.4 Å². The zero-order valence-corrected chi connectivity index (χ0v) is 13.0. The van der Waals surface area contributed by atoms with Crippen LogP contribution in [0.2, 0.25) is 0 Å². The maximum absolute atomic E-state index is 12.4. The summed E-state index contributed by atoms with van der Waals surface area (Å²) in [6.07, 6.45) is 7.39. The smallest absolute Gasteiger partial charge is 0.263 e. The highest BCUT2D eigenvalue weighted by Gasteiger charge is 2.32. The van der Waals surface area contributed by atoms with Crippen molar-refractivity contribution in [3.8, 4) is 0 Å². The normalized spacial score (nSPS) is 17.4. The second-order valence-electron chi connectivity index (χ2n) is 5.50. The highest BCUT2D eigenvalue weighted by molar-refractivity contribution is 6.10. The van der Waals surface area contributed by atoms with Gasteiger partial charge < -0.3 is 4.90 Å². The molecule has 22 heavy (non-hydrogen) atoms. The second-order valence-corrected chi connectivity index (χ2v) is 5.50. The van der Waals surface area contributed by atoms with Crippen molar-refractivity contribution in [3.63, 3.8) is 0 Å². The first-order chi connectivity index (χ1) is 10.5. The van der Waals surface area contributed by atoms with E-state index in [4.69, 9.17) is 0 Å². The summed E-state index contributed by atoms with van der Waals surface area (Å²) >= 11 is 0. The van der Waals surface area contributed by atoms with Crippen molar-refractivity contribution in [1.29, 1.82) is 0 Å². The molecule has 2 heterocycles. The average Bonchev–Trinajstić information content (AvgIpc) is 2.77. The summed E-state index contributed by atoms with van der Waals surface area (Å²) in [6.45, 7) is 6.08. The molecule has 0 aromatic heterocycles. The third kappa shape index (κ3) is 2.26. The molecule has 0 radical (unpaired) electrons. The van der Waals surface area contributed by atoms with Crippen LogP contribution in [0.15, 0.2) is 48.3 Å². The van der Waals surface area contributed by atoms with Crippen molar-refractivity contribution in [2.75, 3.05) is 6.54 Å². The molecule has 0 spiro atoms. The molecule has 0 aliphatic carbocycles. The standard InChI is InChI=1S/C18H18N2O2/c1-4-19(13(3)21)11-14-7-8-20-17(10-14)15-6-5-12(2)9-16(15)18(20)22/h5-11H,4H2,1-3H3. The van der Waals surface area contributed by atoms with Crippen LogP contribution in [-0.4, -0.2) is 28.2 Å². The van der Waals surface area contributed by atoms with Crippen LogP contribution < -0.4 is 0 Å². The van der Waals surface area contributed by atoms with Gasteiger partial charge in [-0.2, -0.15) is 0 Å². The molecule has 2 amide bonds. The molecule has 0 fully saturated rings. The lowest BCUT2D eigenvalue weighted by molar-refractivity contribution is -0.126. The zero-order chi connectivity index (χ0) is 15.9. The topological polar surface area (TPSA) is 40.6 Å². The molecule has 1 aromatic carbocycles. The quantitative estimate of drug-likeness (QED) is 0.841. The number of aryl methyl sites for hydroxylation is 1. The summed E-state index contributed by atoms with van der Waals surface area (Å²) < 4.78 is 0. The minimum Gasteiger partial charge on any atom is -0.319 e. The number of benzene rings is 1. The van der Waals surface area contributed by atoms with Crippen molar-refractivity contribution >= 4 is 17.5 Å². The molecule has 0 unspecified atom stereocenters. The molecule has 3 rings (SSSR count). The largest absolute Gasteiger partial charge is 0.319 e. The summed E-state index contributed by atoms with van der Waals surface area (Å²) in [5.41, 5.74) is 4.52. The predicted molar refractivity (Wildman–Crippen MR) is 85.6 cm³/mol. The molecule has 4 nitrogen and oxygen atoms in total. The molecule has 0 saturated carbocycles. The molecule has 0 bridgehead atoms. The Morgan fingerprint density at radius 3 is 2.77 bits per heavy atom. The summed E-state index contributed by atoms with van der Waals surface area (Å²) in [6, 6.07) is 5.90. The number of amides is 2. The van der Waals surface area contributed by atoms with Gasteiger partial charge in [0.1, 0.15) is 0 Å². The number of hydrogen-bond donors (Lipinski definition) is 0. The Morgan fingerprint density at radius 1 is 1.32 bits per heavy atom. The van der Waals surface area contributed by atoms with Crippen LogP contribution in [0.4, 0.5) is 0 Å². The van der Waals surface area contributed by atoms with E-state index in [0.29, 0.717) is 6.54 Å². The van der Waals surface area contributed by atoms with E-state index in [-0.39, 0.29) is 11.8 Å². The lowest BCUT2D eigenvalue weighted by Gasteiger charge is -2.20. The Hall–Kier alpha value is -2.62. The summed E-state index contributed by atoms with van der Waals surface area (Å²) in [7, 11) is 0. The van der Waals surface area contributed by atoms with E-state index in [9.17, 15) is 9.59 Å². The molecule has 2 aliphatic heterocycles. The number of allylic oxidation sites excluding steroid dienone is 3. The van der Waals surface area contributed by atoms with Crippen molar-refractivity contribution in [2.24, 2.45) is 0 Å². The SMILES string of the molecule is CCN(C=C1C=CN2C(=O)c3cc(C)ccc3C2=C1)C(C)=O. The molecule has 2 aliphatic rings. The van der Waals surface area contributed by atoms with E-state index in [0.717, 1.165) is 28.0 Å². The minimum absolute atomic E-state index is 0.000773. The van der Waals surface area contributed by atoms with Gasteiger partial charge in [-0.25, -0.2) is 0 Å². The highest BCUT2D eigenvalue weighted by Crippen LogP contribution is 2.36. The molecule has 0 N–H and O–H groups in total. The fourth-order valence-electron chi connectivity index (χ4n) is 2.75. The molecular formula is C18H18N2O2. The molecular weight excluding hydrogens is 276 g/mol. The van der Waals surface area contributed by atoms with Crippen LogP contribution in [0.25, 0.3) is 5.70 Å². The van der Waals surface area contributed by atoms with Gasteiger partial charge in [-0.05, 0) is 37.6 Å². The van der Waals surface area contributed by atoms with Crippen molar-refractivity contribution in [3.05, 3.63) is 65.0 Å². The van der Waals surface area contributed by atoms with Gasteiger partial charge in [-0.1, -0.05) is 17.7 Å². The zero-order valence-electron chi connectivity index (χ0n) is 13.0. The third-order valence-corrected chi connectivity index (χ3v) is 3.93. The fourth-order valence-corrected chi connectivity index (χ4v) is 2.75. The highest BCUT2D eigenvalue weighted by atomic mass is 16.2. The van der Waals surface area contributed by atoms with Gasteiger partial charge in [0.05, 0.1) is 5.70 Å². The van der Waals surface area contributed by atoms with Crippen LogP contribution in [0.3, 0.4) is 0 Å². The van der Waals surface area contributed by atoms with Crippen LogP contribution in [0.5, 0.6) is 0 Å². The summed E-state index contributed by atoms with van der Waals surface area (Å²) in [5.74, 6) is 0.00178. The Labute approximate surface area is 130 Å². The van der Waals surface area contributed by atoms with Crippen LogP contribution in [-0.2, 0) is 4.79 Å². The van der Waals surface area contributed by atoms with Crippen molar-refractivity contribution < 1.29 is 9.59 Å². The fraction of sp³-hybridized carbons (Fsp3) is 0.222. The van der Waals surface area contributed by atoms with E-state index < -0.39 is 0 Å². The lowest BCUT2D eigenvalue weighted by atomic mass is 10.0. The molecule has 1 aromatic rings. The third-order valence-electron chi connectivity index (χ3n) is 3.93. The molecule has 4 heteroatoms. The van der Waals surface area contributed by atoms with E-state index >= 15 is 0 Å². The van der Waals surface area contributed by atoms with Gasteiger partial charge in [-0.3, -0.25) is 14.5 Å². The van der Waals surface area contributed by atoms with Crippen LogP contribution in [0.1, 0.15) is 35.3 Å². The van der Waals surface area contributed by atoms with Crippen LogP contribution in [0, 0.1) is 6.92 Å². The van der Waals surface area contributed by atoms with Gasteiger partial charge >= 0.3 is 0 Å². The van der Waals surface area contributed by atoms with E-state index in [1.165, 1.54) is 0 Å².